The highest BCUT2D eigenvalue weighted by atomic mass is 35.5. The Hall–Kier alpha value is -3.02. The van der Waals surface area contributed by atoms with Gasteiger partial charge in [-0.05, 0) is 69.1 Å². The summed E-state index contributed by atoms with van der Waals surface area (Å²) < 4.78 is 11.0. The van der Waals surface area contributed by atoms with Crippen molar-refractivity contribution in [1.29, 1.82) is 5.26 Å². The number of hydrogen-bond donors (Lipinski definition) is 2. The number of benzene rings is 1. The van der Waals surface area contributed by atoms with Crippen LogP contribution in [0.25, 0.3) is 0 Å². The van der Waals surface area contributed by atoms with Crippen LogP contribution in [0.5, 0.6) is 11.5 Å². The van der Waals surface area contributed by atoms with Gasteiger partial charge in [0.25, 0.3) is 0 Å². The predicted octanol–water partition coefficient (Wildman–Crippen LogP) is 3.79. The highest BCUT2D eigenvalue weighted by Gasteiger charge is 2.50. The van der Waals surface area contributed by atoms with Gasteiger partial charge in [0.15, 0.2) is 17.7 Å². The number of nitriles is 1. The van der Waals surface area contributed by atoms with E-state index < -0.39 is 0 Å². The van der Waals surface area contributed by atoms with Crippen molar-refractivity contribution in [3.8, 4) is 17.7 Å². The van der Waals surface area contributed by atoms with Gasteiger partial charge in [0.05, 0.1) is 32.1 Å². The van der Waals surface area contributed by atoms with E-state index in [0.29, 0.717) is 17.2 Å². The Morgan fingerprint density at radius 2 is 2.06 bits per heavy atom. The maximum atomic E-state index is 9.21. The topological polar surface area (TPSA) is 94.8 Å². The minimum Gasteiger partial charge on any atom is -0.493 e. The van der Waals surface area contributed by atoms with Crippen molar-refractivity contribution in [2.24, 2.45) is 4.99 Å². The second kappa shape index (κ2) is 9.86. The first-order valence-electron chi connectivity index (χ1n) is 11.0. The number of nitrogens with zero attached hydrogens (tertiary/aromatic N) is 4. The summed E-state index contributed by atoms with van der Waals surface area (Å²) in [5.41, 5.74) is 2.06. The lowest BCUT2D eigenvalue weighted by molar-refractivity contribution is 0.168. The van der Waals surface area contributed by atoms with Crippen LogP contribution < -0.4 is 20.1 Å². The van der Waals surface area contributed by atoms with E-state index in [1.165, 1.54) is 5.56 Å². The van der Waals surface area contributed by atoms with Crippen molar-refractivity contribution in [2.45, 2.75) is 43.2 Å². The summed E-state index contributed by atoms with van der Waals surface area (Å²) in [7, 11) is 5.52. The van der Waals surface area contributed by atoms with E-state index in [1.807, 2.05) is 12.3 Å². The molecule has 1 aliphatic carbocycles. The van der Waals surface area contributed by atoms with E-state index in [1.54, 1.807) is 32.5 Å². The molecule has 2 aromatic rings. The summed E-state index contributed by atoms with van der Waals surface area (Å²) in [4.78, 5) is 11.4. The molecule has 4 rings (SSSR count). The van der Waals surface area contributed by atoms with Crippen LogP contribution in [-0.4, -0.2) is 55.7 Å². The number of nitrogens with one attached hydrogen (secondary N) is 2. The quantitative estimate of drug-likeness (QED) is 0.226. The van der Waals surface area contributed by atoms with Crippen LogP contribution in [0.15, 0.2) is 41.5 Å². The number of rotatable bonds is 5. The SMILES string of the molecule is COc1ccc([C@@]23CC[C@@H](/N=C(\NC#N)Nc4ccc(Cl)nc4)C[C@@H]2N(C)CC3)cc1OC. The monoisotopic (exact) mass is 468 g/mol. The van der Waals surface area contributed by atoms with E-state index in [9.17, 15) is 5.26 Å². The average Bonchev–Trinajstić information content (AvgIpc) is 3.17. The molecule has 33 heavy (non-hydrogen) atoms. The summed E-state index contributed by atoms with van der Waals surface area (Å²) in [6, 6.07) is 10.2. The van der Waals surface area contributed by atoms with Crippen LogP contribution in [0.2, 0.25) is 5.15 Å². The molecule has 2 heterocycles. The van der Waals surface area contributed by atoms with Gasteiger partial charge in [-0.2, -0.15) is 5.26 Å². The molecule has 2 aliphatic rings. The van der Waals surface area contributed by atoms with Gasteiger partial charge in [0, 0.05) is 11.5 Å². The molecule has 1 saturated heterocycles. The largest absolute Gasteiger partial charge is 0.493 e. The molecule has 1 aromatic carbocycles. The molecule has 0 radical (unpaired) electrons. The molecule has 1 saturated carbocycles. The van der Waals surface area contributed by atoms with Crippen molar-refractivity contribution >= 4 is 23.2 Å². The second-order valence-electron chi connectivity index (χ2n) is 8.61. The number of hydrogen-bond acceptors (Lipinski definition) is 6. The number of likely N-dealkylation sites (N-methyl/N-ethyl adjacent to an activating group) is 1. The zero-order valence-electron chi connectivity index (χ0n) is 19.1. The third-order valence-electron chi connectivity index (χ3n) is 6.93. The minimum atomic E-state index is 0.0523. The molecule has 174 valence electrons. The molecule has 8 nitrogen and oxygen atoms in total. The molecular formula is C24H29ClN6O2. The van der Waals surface area contributed by atoms with Crippen molar-refractivity contribution in [3.05, 3.63) is 47.2 Å². The molecule has 0 spiro atoms. The first kappa shape index (κ1) is 23.1. The first-order chi connectivity index (χ1) is 16.0. The molecule has 0 amide bonds. The molecule has 1 aliphatic heterocycles. The fraction of sp³-hybridized carbons (Fsp3) is 0.458. The number of aliphatic imine (C=N–C) groups is 1. The van der Waals surface area contributed by atoms with Crippen LogP contribution in [0.3, 0.4) is 0 Å². The number of methoxy groups -OCH3 is 2. The molecular weight excluding hydrogens is 440 g/mol. The van der Waals surface area contributed by atoms with E-state index in [0.717, 1.165) is 49.4 Å². The third-order valence-corrected chi connectivity index (χ3v) is 7.16. The summed E-state index contributed by atoms with van der Waals surface area (Å²) in [6.07, 6.45) is 7.53. The maximum Gasteiger partial charge on any atom is 0.209 e. The Kier molecular flexibility index (Phi) is 6.91. The van der Waals surface area contributed by atoms with Crippen LogP contribution in [0.4, 0.5) is 5.69 Å². The van der Waals surface area contributed by atoms with Gasteiger partial charge in [0.2, 0.25) is 5.96 Å². The van der Waals surface area contributed by atoms with Crippen LogP contribution in [0.1, 0.15) is 31.2 Å². The molecule has 2 N–H and O–H groups in total. The van der Waals surface area contributed by atoms with E-state index in [4.69, 9.17) is 26.1 Å². The molecule has 1 aromatic heterocycles. The van der Waals surface area contributed by atoms with Gasteiger partial charge in [-0.1, -0.05) is 17.7 Å². The van der Waals surface area contributed by atoms with Gasteiger partial charge in [-0.25, -0.2) is 9.98 Å². The second-order valence-corrected chi connectivity index (χ2v) is 9.00. The summed E-state index contributed by atoms with van der Waals surface area (Å²) in [5.74, 6) is 1.93. The zero-order chi connectivity index (χ0) is 23.4. The Labute approximate surface area is 199 Å². The fourth-order valence-corrected chi connectivity index (χ4v) is 5.39. The summed E-state index contributed by atoms with van der Waals surface area (Å²) in [6.45, 7) is 1.04. The number of likely N-dealkylation sites (tertiary alicyclic amines) is 1. The molecule has 0 unspecified atom stereocenters. The van der Waals surface area contributed by atoms with Crippen molar-refractivity contribution in [3.63, 3.8) is 0 Å². The summed E-state index contributed by atoms with van der Waals surface area (Å²) in [5, 5.41) is 15.4. The Bertz CT molecular complexity index is 1050. The van der Waals surface area contributed by atoms with Crippen molar-refractivity contribution < 1.29 is 9.47 Å². The summed E-state index contributed by atoms with van der Waals surface area (Å²) >= 11 is 5.87. The number of halogens is 1. The Balaban J connectivity index is 1.57. The number of guanidine groups is 1. The van der Waals surface area contributed by atoms with E-state index >= 15 is 0 Å². The zero-order valence-corrected chi connectivity index (χ0v) is 19.9. The maximum absolute atomic E-state index is 9.21. The first-order valence-corrected chi connectivity index (χ1v) is 11.4. The number of anilines is 1. The number of fused-ring (bicyclic) bond motifs is 1. The Morgan fingerprint density at radius 1 is 1.24 bits per heavy atom. The van der Waals surface area contributed by atoms with Crippen LogP contribution in [-0.2, 0) is 5.41 Å². The minimum absolute atomic E-state index is 0.0523. The molecule has 0 bridgehead atoms. The lowest BCUT2D eigenvalue weighted by Crippen LogP contribution is -2.47. The van der Waals surface area contributed by atoms with Crippen molar-refractivity contribution in [2.75, 3.05) is 33.1 Å². The molecule has 2 fully saturated rings. The molecule has 9 heteroatoms. The highest BCUT2D eigenvalue weighted by Crippen LogP contribution is 2.50. The Morgan fingerprint density at radius 3 is 2.76 bits per heavy atom. The number of ether oxygens (including phenoxy) is 2. The smallest absolute Gasteiger partial charge is 0.209 e. The van der Waals surface area contributed by atoms with Gasteiger partial charge >= 0.3 is 0 Å². The van der Waals surface area contributed by atoms with Crippen LogP contribution in [0, 0.1) is 11.5 Å². The fourth-order valence-electron chi connectivity index (χ4n) is 5.28. The lowest BCUT2D eigenvalue weighted by Gasteiger charge is -2.44. The standard InChI is InChI=1S/C24H29ClN6O2/c1-31-11-10-24(16-4-6-19(32-2)20(12-16)33-3)9-8-17(13-21(24)31)29-23(28-15-26)30-18-5-7-22(25)27-14-18/h4-7,12,14,17,21H,8-11,13H2,1-3H3,(H2,28,29,30)/t17-,21+,24+/m1/s1. The van der Waals surface area contributed by atoms with Gasteiger partial charge in [-0.3, -0.25) is 5.32 Å². The van der Waals surface area contributed by atoms with Gasteiger partial charge < -0.3 is 19.7 Å². The number of aromatic nitrogens is 1. The van der Waals surface area contributed by atoms with Gasteiger partial charge in [0.1, 0.15) is 5.15 Å². The van der Waals surface area contributed by atoms with Gasteiger partial charge in [-0.15, -0.1) is 0 Å². The number of pyridine rings is 1. The predicted molar refractivity (Wildman–Crippen MR) is 129 cm³/mol. The van der Waals surface area contributed by atoms with Crippen molar-refractivity contribution in [1.82, 2.24) is 15.2 Å². The lowest BCUT2D eigenvalue weighted by atomic mass is 9.65. The normalized spacial score (nSPS) is 25.1. The van der Waals surface area contributed by atoms with Crippen LogP contribution >= 0.6 is 11.6 Å². The average molecular weight is 469 g/mol. The highest BCUT2D eigenvalue weighted by molar-refractivity contribution is 6.29. The third kappa shape index (κ3) is 4.70. The molecule has 3 atom stereocenters. The van der Waals surface area contributed by atoms with E-state index in [-0.39, 0.29) is 11.5 Å². The van der Waals surface area contributed by atoms with E-state index in [2.05, 4.69) is 39.7 Å².